The highest BCUT2D eigenvalue weighted by atomic mass is 16.5. The maximum absolute atomic E-state index is 5.55. The molecule has 2 aromatic rings. The van der Waals surface area contributed by atoms with Crippen LogP contribution in [0.4, 0.5) is 11.9 Å². The second-order valence-corrected chi connectivity index (χ2v) is 3.78. The summed E-state index contributed by atoms with van der Waals surface area (Å²) in [5.74, 6) is 0.539. The Balaban J connectivity index is 2.11. The number of methoxy groups -OCH3 is 1. The molecule has 0 radical (unpaired) electrons. The minimum atomic E-state index is 0.133. The van der Waals surface area contributed by atoms with Crippen molar-refractivity contribution in [2.75, 3.05) is 18.2 Å². The van der Waals surface area contributed by atoms with Crippen LogP contribution >= 0.6 is 0 Å². The SMILES string of the molecule is COc1nc(N)nc(NCc2ccccc2C)n1. The number of nitrogens with one attached hydrogen (secondary N) is 1. The number of hydrogen-bond donors (Lipinski definition) is 2. The van der Waals surface area contributed by atoms with Crippen molar-refractivity contribution in [3.8, 4) is 6.01 Å². The molecule has 0 bridgehead atoms. The van der Waals surface area contributed by atoms with Crippen LogP contribution < -0.4 is 15.8 Å². The van der Waals surface area contributed by atoms with Crippen molar-refractivity contribution in [1.29, 1.82) is 0 Å². The molecule has 6 heteroatoms. The molecule has 0 spiro atoms. The van der Waals surface area contributed by atoms with Crippen LogP contribution in [-0.4, -0.2) is 22.1 Å². The smallest absolute Gasteiger partial charge is 0.322 e. The van der Waals surface area contributed by atoms with Crippen LogP contribution in [0.15, 0.2) is 24.3 Å². The number of nitrogen functional groups attached to an aromatic ring is 1. The van der Waals surface area contributed by atoms with Gasteiger partial charge >= 0.3 is 6.01 Å². The maximum Gasteiger partial charge on any atom is 0.322 e. The monoisotopic (exact) mass is 245 g/mol. The standard InChI is InChI=1S/C12H15N5O/c1-8-5-3-4-6-9(8)7-14-11-15-10(13)16-12(17-11)18-2/h3-6H,7H2,1-2H3,(H3,13,14,15,16,17). The summed E-state index contributed by atoms with van der Waals surface area (Å²) >= 11 is 0. The summed E-state index contributed by atoms with van der Waals surface area (Å²) in [5, 5.41) is 3.10. The summed E-state index contributed by atoms with van der Waals surface area (Å²) in [6, 6.07) is 8.30. The van der Waals surface area contributed by atoms with Gasteiger partial charge in [0.2, 0.25) is 11.9 Å². The average molecular weight is 245 g/mol. The van der Waals surface area contributed by atoms with Gasteiger partial charge in [0.15, 0.2) is 0 Å². The topological polar surface area (TPSA) is 86.0 Å². The van der Waals surface area contributed by atoms with Crippen LogP contribution in [0.5, 0.6) is 6.01 Å². The van der Waals surface area contributed by atoms with Crippen LogP contribution in [0.3, 0.4) is 0 Å². The highest BCUT2D eigenvalue weighted by molar-refractivity contribution is 5.35. The predicted molar refractivity (Wildman–Crippen MR) is 69.3 cm³/mol. The number of aryl methyl sites for hydroxylation is 1. The number of anilines is 2. The summed E-state index contributed by atoms with van der Waals surface area (Å²) in [5.41, 5.74) is 7.94. The minimum absolute atomic E-state index is 0.133. The Hall–Kier alpha value is -2.37. The lowest BCUT2D eigenvalue weighted by Gasteiger charge is -2.08. The van der Waals surface area contributed by atoms with E-state index >= 15 is 0 Å². The molecule has 0 fully saturated rings. The fraction of sp³-hybridized carbons (Fsp3) is 0.250. The second-order valence-electron chi connectivity index (χ2n) is 3.78. The normalized spacial score (nSPS) is 10.1. The third kappa shape index (κ3) is 2.85. The summed E-state index contributed by atoms with van der Waals surface area (Å²) in [6.07, 6.45) is 0. The lowest BCUT2D eigenvalue weighted by molar-refractivity contribution is 0.379. The van der Waals surface area contributed by atoms with Gasteiger partial charge in [-0.15, -0.1) is 0 Å². The molecule has 0 saturated heterocycles. The van der Waals surface area contributed by atoms with Gasteiger partial charge in [-0.2, -0.15) is 15.0 Å². The molecule has 3 N–H and O–H groups in total. The first-order valence-electron chi connectivity index (χ1n) is 5.53. The van der Waals surface area contributed by atoms with E-state index in [0.29, 0.717) is 12.5 Å². The zero-order chi connectivity index (χ0) is 13.0. The molecule has 0 aliphatic heterocycles. The van der Waals surface area contributed by atoms with Gasteiger partial charge in [0.25, 0.3) is 0 Å². The van der Waals surface area contributed by atoms with Gasteiger partial charge in [-0.1, -0.05) is 24.3 Å². The Morgan fingerprint density at radius 2 is 2.00 bits per heavy atom. The van der Waals surface area contributed by atoms with Crippen LogP contribution in [0.25, 0.3) is 0 Å². The summed E-state index contributed by atoms with van der Waals surface area (Å²) in [7, 11) is 1.49. The Bertz CT molecular complexity index is 544. The van der Waals surface area contributed by atoms with E-state index in [1.54, 1.807) is 0 Å². The quantitative estimate of drug-likeness (QED) is 0.846. The van der Waals surface area contributed by atoms with Crippen molar-refractivity contribution in [2.24, 2.45) is 0 Å². The molecule has 18 heavy (non-hydrogen) atoms. The first kappa shape index (κ1) is 12.1. The molecule has 1 aromatic carbocycles. The molecule has 0 aliphatic carbocycles. The Morgan fingerprint density at radius 3 is 2.72 bits per heavy atom. The number of nitrogens with zero attached hydrogens (tertiary/aromatic N) is 3. The number of benzene rings is 1. The molecule has 1 heterocycles. The molecule has 1 aromatic heterocycles. The Labute approximate surface area is 105 Å². The molecule has 6 nitrogen and oxygen atoms in total. The Kier molecular flexibility index (Phi) is 3.57. The molecular formula is C12H15N5O. The lowest BCUT2D eigenvalue weighted by Crippen LogP contribution is -2.08. The molecule has 94 valence electrons. The molecular weight excluding hydrogens is 230 g/mol. The molecule has 0 atom stereocenters. The third-order valence-corrected chi connectivity index (χ3v) is 2.51. The van der Waals surface area contributed by atoms with Crippen molar-refractivity contribution >= 4 is 11.9 Å². The number of rotatable bonds is 4. The van der Waals surface area contributed by atoms with Gasteiger partial charge in [-0.3, -0.25) is 0 Å². The maximum atomic E-state index is 5.55. The second kappa shape index (κ2) is 5.31. The molecule has 0 aliphatic rings. The van der Waals surface area contributed by atoms with Gasteiger partial charge < -0.3 is 15.8 Å². The van der Waals surface area contributed by atoms with E-state index in [-0.39, 0.29) is 12.0 Å². The van der Waals surface area contributed by atoms with Crippen molar-refractivity contribution in [3.63, 3.8) is 0 Å². The van der Waals surface area contributed by atoms with Crippen molar-refractivity contribution in [3.05, 3.63) is 35.4 Å². The highest BCUT2D eigenvalue weighted by Gasteiger charge is 2.04. The molecule has 0 saturated carbocycles. The van der Waals surface area contributed by atoms with Crippen LogP contribution in [-0.2, 0) is 6.54 Å². The van der Waals surface area contributed by atoms with Gasteiger partial charge in [0.05, 0.1) is 7.11 Å². The van der Waals surface area contributed by atoms with Gasteiger partial charge in [-0.05, 0) is 18.1 Å². The minimum Gasteiger partial charge on any atom is -0.467 e. The van der Waals surface area contributed by atoms with E-state index in [1.165, 1.54) is 18.2 Å². The number of ether oxygens (including phenoxy) is 1. The van der Waals surface area contributed by atoms with E-state index in [9.17, 15) is 0 Å². The molecule has 0 amide bonds. The largest absolute Gasteiger partial charge is 0.467 e. The van der Waals surface area contributed by atoms with Crippen LogP contribution in [0, 0.1) is 6.92 Å². The predicted octanol–water partition coefficient (Wildman–Crippen LogP) is 1.38. The van der Waals surface area contributed by atoms with E-state index in [1.807, 2.05) is 18.2 Å². The lowest BCUT2D eigenvalue weighted by atomic mass is 10.1. The summed E-state index contributed by atoms with van der Waals surface area (Å²) in [4.78, 5) is 11.9. The van der Waals surface area contributed by atoms with Crippen LogP contribution in [0.1, 0.15) is 11.1 Å². The van der Waals surface area contributed by atoms with E-state index in [2.05, 4.69) is 33.3 Å². The van der Waals surface area contributed by atoms with E-state index < -0.39 is 0 Å². The van der Waals surface area contributed by atoms with E-state index in [0.717, 1.165) is 0 Å². The molecule has 0 unspecified atom stereocenters. The zero-order valence-corrected chi connectivity index (χ0v) is 10.3. The van der Waals surface area contributed by atoms with Crippen molar-refractivity contribution in [2.45, 2.75) is 13.5 Å². The number of nitrogens with two attached hydrogens (primary N) is 1. The number of aromatic nitrogens is 3. The first-order valence-corrected chi connectivity index (χ1v) is 5.53. The third-order valence-electron chi connectivity index (χ3n) is 2.51. The fourth-order valence-corrected chi connectivity index (χ4v) is 1.53. The van der Waals surface area contributed by atoms with Gasteiger partial charge in [0, 0.05) is 6.54 Å². The van der Waals surface area contributed by atoms with Crippen LogP contribution in [0.2, 0.25) is 0 Å². The first-order chi connectivity index (χ1) is 8.69. The van der Waals surface area contributed by atoms with Crippen molar-refractivity contribution < 1.29 is 4.74 Å². The number of hydrogen-bond acceptors (Lipinski definition) is 6. The molecule has 2 rings (SSSR count). The summed E-state index contributed by atoms with van der Waals surface area (Å²) < 4.78 is 4.93. The fourth-order valence-electron chi connectivity index (χ4n) is 1.53. The van der Waals surface area contributed by atoms with Gasteiger partial charge in [0.1, 0.15) is 0 Å². The van der Waals surface area contributed by atoms with E-state index in [4.69, 9.17) is 10.5 Å². The van der Waals surface area contributed by atoms with Gasteiger partial charge in [-0.25, -0.2) is 0 Å². The zero-order valence-electron chi connectivity index (χ0n) is 10.3. The highest BCUT2D eigenvalue weighted by Crippen LogP contribution is 2.11. The Morgan fingerprint density at radius 1 is 1.22 bits per heavy atom. The summed E-state index contributed by atoms with van der Waals surface area (Å²) in [6.45, 7) is 2.68. The average Bonchev–Trinajstić information content (AvgIpc) is 2.37. The van der Waals surface area contributed by atoms with Crippen molar-refractivity contribution in [1.82, 2.24) is 15.0 Å².